The maximum atomic E-state index is 13.3. The van der Waals surface area contributed by atoms with Gasteiger partial charge in [-0.2, -0.15) is 0 Å². The summed E-state index contributed by atoms with van der Waals surface area (Å²) in [4.78, 5) is 38.2. The first-order valence-electron chi connectivity index (χ1n) is 8.44. The molecule has 3 rings (SSSR count). The second kappa shape index (κ2) is 8.43. The molecule has 0 radical (unpaired) electrons. The molecule has 0 bridgehead atoms. The largest absolute Gasteiger partial charge is 0.282 e. The fraction of sp³-hybridized carbons (Fsp3) is 0.0476. The van der Waals surface area contributed by atoms with Crippen molar-refractivity contribution in [1.82, 2.24) is 0 Å². The minimum Gasteiger partial charge on any atom is -0.268 e. The summed E-state index contributed by atoms with van der Waals surface area (Å²) < 4.78 is 0. The topological polar surface area (TPSA) is 80.5 Å². The van der Waals surface area contributed by atoms with Crippen LogP contribution in [0.4, 0.5) is 11.4 Å². The maximum absolute atomic E-state index is 13.3. The Morgan fingerprint density at radius 3 is 2.10 bits per heavy atom. The van der Waals surface area contributed by atoms with Crippen LogP contribution in [0.15, 0.2) is 66.7 Å². The van der Waals surface area contributed by atoms with E-state index in [-0.39, 0.29) is 21.8 Å². The number of rotatable bonds is 4. The molecular weight excluding hydrogens is 415 g/mol. The first-order valence-corrected chi connectivity index (χ1v) is 9.19. The molecule has 2 amide bonds. The molecule has 0 aliphatic carbocycles. The van der Waals surface area contributed by atoms with Crippen LogP contribution in [-0.4, -0.2) is 16.7 Å². The van der Waals surface area contributed by atoms with Gasteiger partial charge in [0.1, 0.15) is 5.56 Å². The van der Waals surface area contributed by atoms with Gasteiger partial charge in [-0.25, -0.2) is 4.90 Å². The molecule has 0 unspecified atom stereocenters. The van der Waals surface area contributed by atoms with Gasteiger partial charge in [-0.05, 0) is 42.8 Å². The van der Waals surface area contributed by atoms with Crippen LogP contribution in [0.25, 0.3) is 0 Å². The molecular formula is C21H14Cl2N2O4. The van der Waals surface area contributed by atoms with Gasteiger partial charge in [0.15, 0.2) is 0 Å². The number of nitrogens with zero attached hydrogens (tertiary/aromatic N) is 2. The second-order valence-electron chi connectivity index (χ2n) is 6.13. The number of amides is 2. The van der Waals surface area contributed by atoms with Crippen LogP contribution in [0.2, 0.25) is 10.0 Å². The molecule has 8 heteroatoms. The molecule has 29 heavy (non-hydrogen) atoms. The van der Waals surface area contributed by atoms with E-state index in [0.29, 0.717) is 10.6 Å². The lowest BCUT2D eigenvalue weighted by atomic mass is 10.1. The normalized spacial score (nSPS) is 10.4. The van der Waals surface area contributed by atoms with Gasteiger partial charge < -0.3 is 0 Å². The Morgan fingerprint density at radius 2 is 1.48 bits per heavy atom. The van der Waals surface area contributed by atoms with E-state index in [1.54, 1.807) is 31.2 Å². The van der Waals surface area contributed by atoms with E-state index in [0.717, 1.165) is 4.90 Å². The monoisotopic (exact) mass is 428 g/mol. The van der Waals surface area contributed by atoms with Crippen molar-refractivity contribution in [3.8, 4) is 0 Å². The van der Waals surface area contributed by atoms with Gasteiger partial charge in [0, 0.05) is 16.7 Å². The lowest BCUT2D eigenvalue weighted by molar-refractivity contribution is -0.385. The zero-order valence-electron chi connectivity index (χ0n) is 15.1. The molecule has 0 fully saturated rings. The summed E-state index contributed by atoms with van der Waals surface area (Å²) in [6, 6.07) is 16.4. The molecule has 3 aromatic rings. The lowest BCUT2D eigenvalue weighted by Gasteiger charge is -2.23. The van der Waals surface area contributed by atoms with Crippen LogP contribution >= 0.6 is 23.2 Å². The molecule has 0 atom stereocenters. The Balaban J connectivity index is 2.21. The fourth-order valence-electron chi connectivity index (χ4n) is 2.84. The molecule has 0 saturated carbocycles. The molecule has 6 nitrogen and oxygen atoms in total. The quantitative estimate of drug-likeness (QED) is 0.303. The summed E-state index contributed by atoms with van der Waals surface area (Å²) in [6.45, 7) is 1.73. The van der Waals surface area contributed by atoms with Crippen LogP contribution in [0.3, 0.4) is 0 Å². The zero-order chi connectivity index (χ0) is 21.1. The Labute approximate surface area is 176 Å². The van der Waals surface area contributed by atoms with Crippen molar-refractivity contribution in [3.05, 3.63) is 104 Å². The SMILES string of the molecule is Cc1ccccc1C(=O)N(C(=O)c1ccccc1[N+](=O)[O-])c1ccc(Cl)cc1Cl. The number of halogens is 2. The Morgan fingerprint density at radius 1 is 0.897 bits per heavy atom. The number of hydrogen-bond donors (Lipinski definition) is 0. The van der Waals surface area contributed by atoms with Gasteiger partial charge in [-0.1, -0.05) is 53.5 Å². The van der Waals surface area contributed by atoms with Gasteiger partial charge in [0.25, 0.3) is 17.5 Å². The smallest absolute Gasteiger partial charge is 0.268 e. The summed E-state index contributed by atoms with van der Waals surface area (Å²) >= 11 is 12.2. The Bertz CT molecular complexity index is 1130. The molecule has 0 saturated heterocycles. The van der Waals surface area contributed by atoms with Gasteiger partial charge in [-0.15, -0.1) is 0 Å². The van der Waals surface area contributed by atoms with Crippen molar-refractivity contribution >= 4 is 46.4 Å². The van der Waals surface area contributed by atoms with Crippen molar-refractivity contribution in [2.75, 3.05) is 4.90 Å². The number of para-hydroxylation sites is 1. The number of aryl methyl sites for hydroxylation is 1. The van der Waals surface area contributed by atoms with E-state index in [2.05, 4.69) is 0 Å². The van der Waals surface area contributed by atoms with Crippen LogP contribution < -0.4 is 4.90 Å². The third kappa shape index (κ3) is 4.13. The lowest BCUT2D eigenvalue weighted by Crippen LogP contribution is -2.38. The molecule has 0 N–H and O–H groups in total. The van der Waals surface area contributed by atoms with Crippen LogP contribution in [0.1, 0.15) is 26.3 Å². The second-order valence-corrected chi connectivity index (χ2v) is 6.97. The number of hydrogen-bond acceptors (Lipinski definition) is 4. The average Bonchev–Trinajstić information content (AvgIpc) is 2.69. The number of nitro groups is 1. The van der Waals surface area contributed by atoms with Crippen molar-refractivity contribution in [2.24, 2.45) is 0 Å². The standard InChI is InChI=1S/C21H14Cl2N2O4/c1-13-6-2-3-7-15(13)20(26)24(19-11-10-14(22)12-17(19)23)21(27)16-8-4-5-9-18(16)25(28)29/h2-12H,1H3. The summed E-state index contributed by atoms with van der Waals surface area (Å²) in [6.07, 6.45) is 0. The number of carbonyl (C=O) groups excluding carboxylic acids is 2. The predicted octanol–water partition coefficient (Wildman–Crippen LogP) is 5.70. The zero-order valence-corrected chi connectivity index (χ0v) is 16.6. The molecule has 146 valence electrons. The highest BCUT2D eigenvalue weighted by Gasteiger charge is 2.32. The number of benzene rings is 3. The Kier molecular flexibility index (Phi) is 5.96. The maximum Gasteiger partial charge on any atom is 0.282 e. The molecule has 0 aliphatic rings. The third-order valence-electron chi connectivity index (χ3n) is 4.26. The molecule has 0 spiro atoms. The summed E-state index contributed by atoms with van der Waals surface area (Å²) in [5.41, 5.74) is 0.344. The van der Waals surface area contributed by atoms with Crippen LogP contribution in [-0.2, 0) is 0 Å². The number of anilines is 1. The molecule has 0 aromatic heterocycles. The van der Waals surface area contributed by atoms with Crippen molar-refractivity contribution < 1.29 is 14.5 Å². The summed E-state index contributed by atoms with van der Waals surface area (Å²) in [7, 11) is 0. The minimum atomic E-state index is -0.866. The van der Waals surface area contributed by atoms with E-state index in [4.69, 9.17) is 23.2 Å². The van der Waals surface area contributed by atoms with E-state index >= 15 is 0 Å². The Hall–Kier alpha value is -3.22. The van der Waals surface area contributed by atoms with Gasteiger partial charge in [0.2, 0.25) is 0 Å². The van der Waals surface area contributed by atoms with Gasteiger partial charge in [0.05, 0.1) is 15.6 Å². The van der Waals surface area contributed by atoms with Crippen LogP contribution in [0.5, 0.6) is 0 Å². The van der Waals surface area contributed by atoms with Gasteiger partial charge >= 0.3 is 0 Å². The fourth-order valence-corrected chi connectivity index (χ4v) is 3.33. The van der Waals surface area contributed by atoms with E-state index in [1.165, 1.54) is 42.5 Å². The molecule has 0 heterocycles. The van der Waals surface area contributed by atoms with Crippen molar-refractivity contribution in [2.45, 2.75) is 6.92 Å². The first kappa shape index (κ1) is 20.5. The first-order chi connectivity index (χ1) is 13.8. The summed E-state index contributed by atoms with van der Waals surface area (Å²) in [5, 5.41) is 11.8. The van der Waals surface area contributed by atoms with Gasteiger partial charge in [-0.3, -0.25) is 19.7 Å². The average molecular weight is 429 g/mol. The number of imide groups is 1. The van der Waals surface area contributed by atoms with E-state index in [1.807, 2.05) is 0 Å². The molecule has 3 aromatic carbocycles. The van der Waals surface area contributed by atoms with E-state index in [9.17, 15) is 19.7 Å². The number of carbonyl (C=O) groups is 2. The third-order valence-corrected chi connectivity index (χ3v) is 4.80. The highest BCUT2D eigenvalue weighted by Crippen LogP contribution is 2.32. The molecule has 0 aliphatic heterocycles. The minimum absolute atomic E-state index is 0.0615. The van der Waals surface area contributed by atoms with Crippen molar-refractivity contribution in [3.63, 3.8) is 0 Å². The predicted molar refractivity (Wildman–Crippen MR) is 112 cm³/mol. The van der Waals surface area contributed by atoms with Crippen molar-refractivity contribution in [1.29, 1.82) is 0 Å². The highest BCUT2D eigenvalue weighted by atomic mass is 35.5. The van der Waals surface area contributed by atoms with E-state index < -0.39 is 22.4 Å². The summed E-state index contributed by atoms with van der Waals surface area (Å²) in [5.74, 6) is -1.52. The highest BCUT2D eigenvalue weighted by molar-refractivity contribution is 6.39. The number of nitro benzene ring substituents is 1. The van der Waals surface area contributed by atoms with Crippen LogP contribution in [0, 0.1) is 17.0 Å².